The van der Waals surface area contributed by atoms with Gasteiger partial charge in [-0.1, -0.05) is 33.6 Å². The maximum absolute atomic E-state index is 11.9. The Balaban J connectivity index is 2.72. The predicted octanol–water partition coefficient (Wildman–Crippen LogP) is 2.04. The van der Waals surface area contributed by atoms with Gasteiger partial charge in [-0.3, -0.25) is 4.90 Å². The van der Waals surface area contributed by atoms with Gasteiger partial charge >= 0.3 is 0 Å². The molecule has 5 heteroatoms. The first-order valence-electron chi connectivity index (χ1n) is 8.04. The van der Waals surface area contributed by atoms with E-state index in [1.807, 2.05) is 6.92 Å². The lowest BCUT2D eigenvalue weighted by atomic mass is 9.75. The van der Waals surface area contributed by atoms with Crippen LogP contribution in [0.4, 0.5) is 0 Å². The number of nitrogens with zero attached hydrogens (tertiary/aromatic N) is 1. The molecule has 120 valence electrons. The molecule has 0 saturated heterocycles. The van der Waals surface area contributed by atoms with Crippen LogP contribution in [0.25, 0.3) is 0 Å². The minimum atomic E-state index is -2.91. The van der Waals surface area contributed by atoms with Gasteiger partial charge < -0.3 is 5.73 Å². The highest BCUT2D eigenvalue weighted by Crippen LogP contribution is 2.36. The molecule has 0 bridgehead atoms. The Bertz CT molecular complexity index is 383. The van der Waals surface area contributed by atoms with Gasteiger partial charge in [-0.2, -0.15) is 0 Å². The van der Waals surface area contributed by atoms with Crippen LogP contribution < -0.4 is 5.73 Å². The molecule has 0 heterocycles. The third-order valence-electron chi connectivity index (χ3n) is 4.69. The summed E-state index contributed by atoms with van der Waals surface area (Å²) in [5, 5.41) is 0. The molecule has 2 atom stereocenters. The van der Waals surface area contributed by atoms with Crippen LogP contribution in [-0.4, -0.2) is 50.0 Å². The van der Waals surface area contributed by atoms with E-state index < -0.39 is 9.84 Å². The Hall–Kier alpha value is -0.130. The molecular weight excluding hydrogens is 272 g/mol. The highest BCUT2D eigenvalue weighted by molar-refractivity contribution is 7.91. The van der Waals surface area contributed by atoms with Gasteiger partial charge in [0.15, 0.2) is 9.84 Å². The molecule has 1 saturated carbocycles. The molecule has 1 rings (SSSR count). The van der Waals surface area contributed by atoms with Crippen LogP contribution in [0.1, 0.15) is 52.9 Å². The smallest absolute Gasteiger partial charge is 0.151 e. The topological polar surface area (TPSA) is 63.4 Å². The standard InChI is InChI=1S/C15H32N2O2S/c1-4-10-20(18,19)11-9-17(5-2)15(13-16)8-6-7-14(3)12-15/h14H,4-13,16H2,1-3H3. The van der Waals surface area contributed by atoms with E-state index in [2.05, 4.69) is 18.7 Å². The molecule has 0 aromatic heterocycles. The molecule has 2 unspecified atom stereocenters. The lowest BCUT2D eigenvalue weighted by Gasteiger charge is -2.47. The van der Waals surface area contributed by atoms with E-state index >= 15 is 0 Å². The first kappa shape index (κ1) is 17.9. The zero-order valence-corrected chi connectivity index (χ0v) is 14.2. The number of hydrogen-bond acceptors (Lipinski definition) is 4. The lowest BCUT2D eigenvalue weighted by Crippen LogP contribution is -2.57. The fourth-order valence-electron chi connectivity index (χ4n) is 3.63. The molecule has 0 aromatic rings. The summed E-state index contributed by atoms with van der Waals surface area (Å²) in [6.07, 6.45) is 5.39. The summed E-state index contributed by atoms with van der Waals surface area (Å²) in [5.74, 6) is 1.26. The molecule has 0 spiro atoms. The second-order valence-corrected chi connectivity index (χ2v) is 8.67. The molecular formula is C15H32N2O2S. The van der Waals surface area contributed by atoms with Crippen LogP contribution in [0.15, 0.2) is 0 Å². The Morgan fingerprint density at radius 3 is 2.50 bits per heavy atom. The average Bonchev–Trinajstić information content (AvgIpc) is 2.39. The quantitative estimate of drug-likeness (QED) is 0.745. The van der Waals surface area contributed by atoms with Gasteiger partial charge in [-0.25, -0.2) is 8.42 Å². The van der Waals surface area contributed by atoms with Crippen molar-refractivity contribution in [3.05, 3.63) is 0 Å². The van der Waals surface area contributed by atoms with Crippen molar-refractivity contribution in [2.45, 2.75) is 58.4 Å². The zero-order valence-electron chi connectivity index (χ0n) is 13.4. The molecule has 2 N–H and O–H groups in total. The van der Waals surface area contributed by atoms with Gasteiger partial charge in [0.25, 0.3) is 0 Å². The summed E-state index contributed by atoms with van der Waals surface area (Å²) >= 11 is 0. The van der Waals surface area contributed by atoms with E-state index in [9.17, 15) is 8.42 Å². The van der Waals surface area contributed by atoms with Crippen LogP contribution in [0.5, 0.6) is 0 Å². The summed E-state index contributed by atoms with van der Waals surface area (Å²) in [5.41, 5.74) is 6.11. The fraction of sp³-hybridized carbons (Fsp3) is 1.00. The fourth-order valence-corrected chi connectivity index (χ4v) is 4.95. The van der Waals surface area contributed by atoms with Gasteiger partial charge in [0.2, 0.25) is 0 Å². The normalized spacial score (nSPS) is 27.9. The van der Waals surface area contributed by atoms with Crippen LogP contribution in [0, 0.1) is 5.92 Å². The van der Waals surface area contributed by atoms with E-state index in [4.69, 9.17) is 5.73 Å². The number of likely N-dealkylation sites (N-methyl/N-ethyl adjacent to an activating group) is 1. The highest BCUT2D eigenvalue weighted by atomic mass is 32.2. The zero-order chi connectivity index (χ0) is 15.2. The van der Waals surface area contributed by atoms with Crippen molar-refractivity contribution in [3.63, 3.8) is 0 Å². The first-order valence-corrected chi connectivity index (χ1v) is 9.87. The molecule has 1 aliphatic carbocycles. The van der Waals surface area contributed by atoms with E-state index in [-0.39, 0.29) is 11.3 Å². The summed E-state index contributed by atoms with van der Waals surface area (Å²) in [6.45, 7) is 8.46. The highest BCUT2D eigenvalue weighted by Gasteiger charge is 2.38. The number of sulfone groups is 1. The van der Waals surface area contributed by atoms with E-state index in [0.29, 0.717) is 31.2 Å². The monoisotopic (exact) mass is 304 g/mol. The van der Waals surface area contributed by atoms with E-state index in [1.54, 1.807) is 0 Å². The van der Waals surface area contributed by atoms with Crippen LogP contribution in [0.3, 0.4) is 0 Å². The average molecular weight is 304 g/mol. The number of nitrogens with two attached hydrogens (primary N) is 1. The van der Waals surface area contributed by atoms with Gasteiger partial charge in [0.05, 0.1) is 5.75 Å². The maximum Gasteiger partial charge on any atom is 0.151 e. The molecule has 0 aromatic carbocycles. The summed E-state index contributed by atoms with van der Waals surface area (Å²) < 4.78 is 23.9. The molecule has 0 amide bonds. The van der Waals surface area contributed by atoms with Crippen molar-refractivity contribution in [2.24, 2.45) is 11.7 Å². The van der Waals surface area contributed by atoms with Crippen molar-refractivity contribution in [1.29, 1.82) is 0 Å². The van der Waals surface area contributed by atoms with Crippen LogP contribution in [-0.2, 0) is 9.84 Å². The minimum absolute atomic E-state index is 0.0220. The van der Waals surface area contributed by atoms with Gasteiger partial charge in [-0.15, -0.1) is 0 Å². The summed E-state index contributed by atoms with van der Waals surface area (Å²) in [6, 6.07) is 0. The Kier molecular flexibility index (Phi) is 6.95. The Morgan fingerprint density at radius 2 is 2.00 bits per heavy atom. The van der Waals surface area contributed by atoms with Gasteiger partial charge in [0, 0.05) is 24.4 Å². The molecule has 0 radical (unpaired) electrons. The Labute approximate surface area is 125 Å². The van der Waals surface area contributed by atoms with Crippen molar-refractivity contribution in [3.8, 4) is 0 Å². The largest absolute Gasteiger partial charge is 0.329 e. The van der Waals surface area contributed by atoms with Crippen molar-refractivity contribution >= 4 is 9.84 Å². The predicted molar refractivity (Wildman–Crippen MR) is 85.6 cm³/mol. The second-order valence-electron chi connectivity index (χ2n) is 6.36. The third-order valence-corrected chi connectivity index (χ3v) is 6.52. The van der Waals surface area contributed by atoms with Crippen molar-refractivity contribution in [1.82, 2.24) is 4.90 Å². The third kappa shape index (κ3) is 4.71. The summed E-state index contributed by atoms with van der Waals surface area (Å²) in [7, 11) is -2.91. The van der Waals surface area contributed by atoms with Crippen LogP contribution in [0.2, 0.25) is 0 Å². The van der Waals surface area contributed by atoms with E-state index in [1.165, 1.54) is 12.8 Å². The SMILES string of the molecule is CCCS(=O)(=O)CCN(CC)C1(CN)CCCC(C)C1. The van der Waals surface area contributed by atoms with Crippen molar-refractivity contribution < 1.29 is 8.42 Å². The van der Waals surface area contributed by atoms with Gasteiger partial charge in [-0.05, 0) is 31.7 Å². The molecule has 1 aliphatic rings. The maximum atomic E-state index is 11.9. The lowest BCUT2D eigenvalue weighted by molar-refractivity contribution is 0.0485. The van der Waals surface area contributed by atoms with Gasteiger partial charge in [0.1, 0.15) is 0 Å². The van der Waals surface area contributed by atoms with Crippen LogP contribution >= 0.6 is 0 Å². The molecule has 1 fully saturated rings. The first-order chi connectivity index (χ1) is 9.39. The number of hydrogen-bond donors (Lipinski definition) is 1. The molecule has 4 nitrogen and oxygen atoms in total. The summed E-state index contributed by atoms with van der Waals surface area (Å²) in [4.78, 5) is 2.33. The number of rotatable bonds is 8. The Morgan fingerprint density at radius 1 is 1.30 bits per heavy atom. The van der Waals surface area contributed by atoms with E-state index in [0.717, 1.165) is 19.4 Å². The second kappa shape index (κ2) is 7.76. The molecule has 0 aliphatic heterocycles. The molecule has 20 heavy (non-hydrogen) atoms. The van der Waals surface area contributed by atoms with Crippen molar-refractivity contribution in [2.75, 3.05) is 31.1 Å². The minimum Gasteiger partial charge on any atom is -0.329 e.